The smallest absolute Gasteiger partial charge is 0.279 e. The van der Waals surface area contributed by atoms with Crippen LogP contribution in [0.5, 0.6) is 0 Å². The fourth-order valence-corrected chi connectivity index (χ4v) is 4.36. The number of halogens is 2. The Balaban J connectivity index is 1.84. The number of anilines is 1. The van der Waals surface area contributed by atoms with Crippen molar-refractivity contribution in [1.29, 1.82) is 5.41 Å². The molecule has 0 aromatic carbocycles. The molecule has 1 aliphatic rings. The van der Waals surface area contributed by atoms with E-state index in [0.717, 1.165) is 11.9 Å². The van der Waals surface area contributed by atoms with E-state index in [2.05, 4.69) is 36.5 Å². The zero-order chi connectivity index (χ0) is 23.5. The number of nitrogens with one attached hydrogen (secondary N) is 3. The summed E-state index contributed by atoms with van der Waals surface area (Å²) in [5, 5.41) is 18.3. The Morgan fingerprint density at radius 3 is 2.88 bits per heavy atom. The van der Waals surface area contributed by atoms with E-state index in [1.807, 2.05) is 26.2 Å². The lowest BCUT2D eigenvalue weighted by Gasteiger charge is -2.51. The van der Waals surface area contributed by atoms with Gasteiger partial charge in [-0.3, -0.25) is 10.1 Å². The Morgan fingerprint density at radius 2 is 2.19 bits per heavy atom. The van der Waals surface area contributed by atoms with E-state index >= 15 is 0 Å². The number of nitrogens with zero attached hydrogens (tertiary/aromatic N) is 4. The summed E-state index contributed by atoms with van der Waals surface area (Å²) in [6, 6.07) is 1.88. The van der Waals surface area contributed by atoms with Gasteiger partial charge in [0.25, 0.3) is 6.43 Å². The second-order valence-electron chi connectivity index (χ2n) is 8.21. The van der Waals surface area contributed by atoms with Crippen molar-refractivity contribution >= 4 is 29.6 Å². The van der Waals surface area contributed by atoms with Gasteiger partial charge < -0.3 is 15.0 Å². The minimum atomic E-state index is -2.82. The standard InChI is InChI=1S/C21H29F2N7OS/c1-12-10-30(13(2)14(8-28-32-4)21(12,3)31)19-7-16(26-11-27-19)17-9-25-18(29-17)6-5-15(24)20(22)23/h5-7,9,11-14,20,24,28,31H,8,10H2,1-4H3,(H,25,29)/b6-5-,24-15?. The van der Waals surface area contributed by atoms with Gasteiger partial charge in [-0.25, -0.2) is 23.7 Å². The molecule has 3 heterocycles. The monoisotopic (exact) mass is 465 g/mol. The summed E-state index contributed by atoms with van der Waals surface area (Å²) in [7, 11) is 0. The van der Waals surface area contributed by atoms with Gasteiger partial charge in [-0.2, -0.15) is 0 Å². The highest BCUT2D eigenvalue weighted by molar-refractivity contribution is 7.96. The van der Waals surface area contributed by atoms with Crippen LogP contribution in [-0.2, 0) is 0 Å². The minimum Gasteiger partial charge on any atom is -0.389 e. The lowest BCUT2D eigenvalue weighted by Crippen LogP contribution is -2.62. The lowest BCUT2D eigenvalue weighted by atomic mass is 9.71. The van der Waals surface area contributed by atoms with Crippen molar-refractivity contribution < 1.29 is 13.9 Å². The summed E-state index contributed by atoms with van der Waals surface area (Å²) in [4.78, 5) is 18.2. The highest BCUT2D eigenvalue weighted by Gasteiger charge is 2.47. The molecule has 0 bridgehead atoms. The van der Waals surface area contributed by atoms with Gasteiger partial charge in [0.2, 0.25) is 0 Å². The van der Waals surface area contributed by atoms with Crippen LogP contribution in [0.25, 0.3) is 17.5 Å². The third-order valence-corrected chi connectivity index (χ3v) is 6.67. The maximum absolute atomic E-state index is 12.5. The van der Waals surface area contributed by atoms with Gasteiger partial charge in [0.05, 0.1) is 28.9 Å². The molecule has 0 radical (unpaired) electrons. The van der Waals surface area contributed by atoms with E-state index in [1.54, 1.807) is 6.20 Å². The van der Waals surface area contributed by atoms with Crippen LogP contribution < -0.4 is 9.62 Å². The Bertz CT molecular complexity index is 965. The first-order chi connectivity index (χ1) is 15.1. The van der Waals surface area contributed by atoms with Crippen molar-refractivity contribution in [3.05, 3.63) is 30.5 Å². The number of piperidine rings is 1. The van der Waals surface area contributed by atoms with Gasteiger partial charge in [-0.15, -0.1) is 0 Å². The van der Waals surface area contributed by atoms with Crippen LogP contribution in [0.1, 0.15) is 26.6 Å². The highest BCUT2D eigenvalue weighted by Crippen LogP contribution is 2.38. The molecule has 0 aliphatic carbocycles. The van der Waals surface area contributed by atoms with Crippen molar-refractivity contribution in [1.82, 2.24) is 24.7 Å². The van der Waals surface area contributed by atoms with Crippen LogP contribution in [0, 0.1) is 17.2 Å². The van der Waals surface area contributed by atoms with E-state index in [-0.39, 0.29) is 17.9 Å². The second-order valence-corrected chi connectivity index (χ2v) is 8.91. The van der Waals surface area contributed by atoms with Crippen molar-refractivity contribution in [3.63, 3.8) is 0 Å². The number of aromatic amines is 1. The van der Waals surface area contributed by atoms with Crippen molar-refractivity contribution in [2.75, 3.05) is 24.2 Å². The highest BCUT2D eigenvalue weighted by atomic mass is 32.2. The first-order valence-electron chi connectivity index (χ1n) is 10.3. The predicted octanol–water partition coefficient (Wildman–Crippen LogP) is 3.24. The van der Waals surface area contributed by atoms with E-state index in [0.29, 0.717) is 30.3 Å². The molecule has 4 N–H and O–H groups in total. The molecule has 11 heteroatoms. The van der Waals surface area contributed by atoms with Crippen molar-refractivity contribution in [2.24, 2.45) is 11.8 Å². The van der Waals surface area contributed by atoms with E-state index in [1.165, 1.54) is 24.4 Å². The molecule has 8 nitrogen and oxygen atoms in total. The Labute approximate surface area is 190 Å². The van der Waals surface area contributed by atoms with Gasteiger partial charge >= 0.3 is 0 Å². The number of hydrogen-bond acceptors (Lipinski definition) is 8. The molecule has 1 saturated heterocycles. The number of H-pyrrole nitrogens is 1. The van der Waals surface area contributed by atoms with Crippen LogP contribution in [0.2, 0.25) is 0 Å². The van der Waals surface area contributed by atoms with E-state index in [9.17, 15) is 13.9 Å². The normalized spacial score (nSPS) is 26.2. The third kappa shape index (κ3) is 5.16. The molecule has 32 heavy (non-hydrogen) atoms. The Hall–Kier alpha value is -2.37. The molecule has 4 atom stereocenters. The average Bonchev–Trinajstić information content (AvgIpc) is 3.23. The molecular formula is C21H29F2N7OS. The molecular weight excluding hydrogens is 436 g/mol. The molecule has 2 aromatic rings. The maximum Gasteiger partial charge on any atom is 0.279 e. The summed E-state index contributed by atoms with van der Waals surface area (Å²) >= 11 is 1.53. The fraction of sp³-hybridized carbons (Fsp3) is 0.524. The van der Waals surface area contributed by atoms with Crippen LogP contribution in [0.3, 0.4) is 0 Å². The van der Waals surface area contributed by atoms with E-state index < -0.39 is 17.7 Å². The molecule has 0 spiro atoms. The maximum atomic E-state index is 12.5. The Kier molecular flexibility index (Phi) is 7.63. The molecule has 0 saturated carbocycles. The van der Waals surface area contributed by atoms with Gasteiger partial charge in [-0.1, -0.05) is 18.9 Å². The molecule has 0 amide bonds. The number of hydrogen-bond donors (Lipinski definition) is 4. The minimum absolute atomic E-state index is 0.00818. The van der Waals surface area contributed by atoms with Crippen LogP contribution in [-0.4, -0.2) is 68.2 Å². The molecule has 1 aliphatic heterocycles. The quantitative estimate of drug-likeness (QED) is 0.350. The average molecular weight is 466 g/mol. The number of imidazole rings is 1. The first kappa shape index (κ1) is 24.3. The molecule has 2 aromatic heterocycles. The molecule has 174 valence electrons. The number of alkyl halides is 2. The molecule has 3 rings (SSSR count). The third-order valence-electron chi connectivity index (χ3n) is 6.21. The van der Waals surface area contributed by atoms with Crippen LogP contribution in [0.4, 0.5) is 14.6 Å². The first-order valence-corrected chi connectivity index (χ1v) is 11.5. The van der Waals surface area contributed by atoms with Gasteiger partial charge in [0.15, 0.2) is 0 Å². The zero-order valence-corrected chi connectivity index (χ0v) is 19.3. The summed E-state index contributed by atoms with van der Waals surface area (Å²) in [6.45, 7) is 7.34. The number of rotatable bonds is 8. The van der Waals surface area contributed by atoms with Gasteiger partial charge in [-0.05, 0) is 32.3 Å². The largest absolute Gasteiger partial charge is 0.389 e. The SMILES string of the molecule is CSNCC1C(C)N(c2cc(-c3cnc(/C=C\C(=N)C(F)F)[nH]3)ncn2)CC(C)C1(C)O. The van der Waals surface area contributed by atoms with Gasteiger partial charge in [0.1, 0.15) is 18.0 Å². The number of aromatic nitrogens is 4. The number of aliphatic hydroxyl groups is 1. The zero-order valence-electron chi connectivity index (χ0n) is 18.5. The summed E-state index contributed by atoms with van der Waals surface area (Å²) in [6.07, 6.45) is 4.53. The lowest BCUT2D eigenvalue weighted by molar-refractivity contribution is -0.0680. The van der Waals surface area contributed by atoms with Crippen molar-refractivity contribution in [3.8, 4) is 11.4 Å². The summed E-state index contributed by atoms with van der Waals surface area (Å²) < 4.78 is 28.2. The van der Waals surface area contributed by atoms with Crippen LogP contribution >= 0.6 is 11.9 Å². The predicted molar refractivity (Wildman–Crippen MR) is 124 cm³/mol. The fourth-order valence-electron chi connectivity index (χ4n) is 4.01. The number of allylic oxidation sites excluding steroid dienone is 1. The van der Waals surface area contributed by atoms with E-state index in [4.69, 9.17) is 5.41 Å². The molecule has 4 unspecified atom stereocenters. The second kappa shape index (κ2) is 10.1. The summed E-state index contributed by atoms with van der Waals surface area (Å²) in [5.41, 5.74) is -0.364. The van der Waals surface area contributed by atoms with Gasteiger partial charge in [0, 0.05) is 37.0 Å². The topological polar surface area (TPSA) is 114 Å². The van der Waals surface area contributed by atoms with Crippen molar-refractivity contribution in [2.45, 2.75) is 38.8 Å². The summed E-state index contributed by atoms with van der Waals surface area (Å²) in [5.74, 6) is 1.11. The van der Waals surface area contributed by atoms with Crippen LogP contribution in [0.15, 0.2) is 24.7 Å². The Morgan fingerprint density at radius 1 is 1.44 bits per heavy atom. The molecule has 1 fully saturated rings.